The Balaban J connectivity index is 1.37. The lowest BCUT2D eigenvalue weighted by Crippen LogP contribution is -2.49. The van der Waals surface area contributed by atoms with E-state index in [1.165, 1.54) is 0 Å². The predicted octanol–water partition coefficient (Wildman–Crippen LogP) is 2.07. The molecule has 0 atom stereocenters. The van der Waals surface area contributed by atoms with Gasteiger partial charge in [0.05, 0.1) is 19.2 Å². The van der Waals surface area contributed by atoms with Crippen LogP contribution in [0.2, 0.25) is 0 Å². The Kier molecular flexibility index (Phi) is 4.66. The monoisotopic (exact) mass is 373 g/mol. The molecule has 2 aliphatic heterocycles. The van der Waals surface area contributed by atoms with E-state index in [1.807, 2.05) is 35.3 Å². The van der Waals surface area contributed by atoms with Crippen molar-refractivity contribution in [3.05, 3.63) is 47.9 Å². The minimum absolute atomic E-state index is 0.00325. The van der Waals surface area contributed by atoms with Crippen LogP contribution in [0.5, 0.6) is 11.5 Å². The first-order valence-electron chi connectivity index (χ1n) is 8.47. The van der Waals surface area contributed by atoms with E-state index in [9.17, 15) is 4.79 Å². The second kappa shape index (κ2) is 7.25. The van der Waals surface area contributed by atoms with Gasteiger partial charge in [-0.25, -0.2) is 0 Å². The Labute approximate surface area is 156 Å². The van der Waals surface area contributed by atoms with Gasteiger partial charge in [0.15, 0.2) is 16.6 Å². The van der Waals surface area contributed by atoms with Gasteiger partial charge in [0.1, 0.15) is 5.76 Å². The van der Waals surface area contributed by atoms with Gasteiger partial charge in [-0.05, 0) is 48.5 Å². The molecule has 1 aromatic carbocycles. The second-order valence-electron chi connectivity index (χ2n) is 6.10. The van der Waals surface area contributed by atoms with Crippen molar-refractivity contribution in [3.63, 3.8) is 0 Å². The van der Waals surface area contributed by atoms with Crippen LogP contribution >= 0.6 is 12.2 Å². The van der Waals surface area contributed by atoms with Crippen molar-refractivity contribution >= 4 is 23.2 Å². The third-order valence-corrected chi connectivity index (χ3v) is 4.69. The molecule has 3 heterocycles. The third kappa shape index (κ3) is 3.45. The van der Waals surface area contributed by atoms with Crippen molar-refractivity contribution in [3.8, 4) is 11.5 Å². The van der Waals surface area contributed by atoms with E-state index < -0.39 is 0 Å². The maximum atomic E-state index is 12.8. The largest absolute Gasteiger partial charge is 0.467 e. The van der Waals surface area contributed by atoms with E-state index in [1.54, 1.807) is 11.3 Å². The zero-order valence-electron chi connectivity index (χ0n) is 14.1. The van der Waals surface area contributed by atoms with Gasteiger partial charge < -0.3 is 19.2 Å². The molecule has 1 fully saturated rings. The maximum Gasteiger partial charge on any atom is 0.245 e. The zero-order chi connectivity index (χ0) is 17.9. The van der Waals surface area contributed by atoms with Crippen LogP contribution in [0.3, 0.4) is 0 Å². The van der Waals surface area contributed by atoms with Crippen LogP contribution in [0.25, 0.3) is 0 Å². The van der Waals surface area contributed by atoms with E-state index in [-0.39, 0.29) is 19.1 Å². The molecule has 4 rings (SSSR count). The van der Waals surface area contributed by atoms with E-state index in [0.717, 1.165) is 24.3 Å². The third-order valence-electron chi connectivity index (χ3n) is 4.34. The number of nitrogens with one attached hydrogen (secondary N) is 1. The predicted molar refractivity (Wildman–Crippen MR) is 97.5 cm³/mol. The van der Waals surface area contributed by atoms with Crippen LogP contribution in [0.15, 0.2) is 41.0 Å². The molecule has 0 radical (unpaired) electrons. The summed E-state index contributed by atoms with van der Waals surface area (Å²) < 4.78 is 16.0. The molecular weight excluding hydrogens is 354 g/mol. The van der Waals surface area contributed by atoms with E-state index in [4.69, 9.17) is 26.1 Å². The number of amides is 1. The Hall–Kier alpha value is -2.74. The standard InChI is InChI=1S/C18H19N3O4S/c22-17(10-13-4-5-15-16(9-13)25-12-24-15)20-6-2-7-21(20)18(26)19-11-14-3-1-8-23-14/h1,3-5,8-9H,2,6-7,10-12H2,(H,19,26). The minimum Gasteiger partial charge on any atom is -0.467 e. The molecule has 26 heavy (non-hydrogen) atoms. The smallest absolute Gasteiger partial charge is 0.245 e. The first-order chi connectivity index (χ1) is 12.7. The summed E-state index contributed by atoms with van der Waals surface area (Å²) in [5, 5.41) is 7.21. The number of benzene rings is 1. The molecule has 0 saturated carbocycles. The number of hydrogen-bond donors (Lipinski definition) is 1. The number of carbonyl (C=O) groups excluding carboxylic acids is 1. The molecule has 2 aromatic rings. The summed E-state index contributed by atoms with van der Waals surface area (Å²) in [4.78, 5) is 12.8. The highest BCUT2D eigenvalue weighted by Crippen LogP contribution is 2.32. The van der Waals surface area contributed by atoms with Gasteiger partial charge in [-0.3, -0.25) is 14.8 Å². The highest BCUT2D eigenvalue weighted by Gasteiger charge is 2.29. The van der Waals surface area contributed by atoms with Gasteiger partial charge in [0, 0.05) is 13.1 Å². The number of rotatable bonds is 4. The van der Waals surface area contributed by atoms with Gasteiger partial charge in [-0.2, -0.15) is 0 Å². The zero-order valence-corrected chi connectivity index (χ0v) is 15.0. The number of thiocarbonyl (C=S) groups is 1. The molecule has 0 bridgehead atoms. The average Bonchev–Trinajstić information content (AvgIpc) is 3.40. The topological polar surface area (TPSA) is 67.2 Å². The molecule has 136 valence electrons. The summed E-state index contributed by atoms with van der Waals surface area (Å²) in [5.74, 6) is 2.20. The molecule has 1 saturated heterocycles. The number of fused-ring (bicyclic) bond motifs is 1. The molecule has 8 heteroatoms. The number of nitrogens with zero attached hydrogens (tertiary/aromatic N) is 2. The summed E-state index contributed by atoms with van der Waals surface area (Å²) in [6.07, 6.45) is 2.79. The molecule has 0 unspecified atom stereocenters. The lowest BCUT2D eigenvalue weighted by molar-refractivity contribution is -0.138. The summed E-state index contributed by atoms with van der Waals surface area (Å²) >= 11 is 5.46. The first-order valence-corrected chi connectivity index (χ1v) is 8.88. The number of hydrogen-bond acceptors (Lipinski definition) is 5. The molecule has 7 nitrogen and oxygen atoms in total. The molecule has 0 aliphatic carbocycles. The molecular formula is C18H19N3O4S. The van der Waals surface area contributed by atoms with E-state index >= 15 is 0 Å². The lowest BCUT2D eigenvalue weighted by Gasteiger charge is -2.30. The highest BCUT2D eigenvalue weighted by molar-refractivity contribution is 7.80. The number of carbonyl (C=O) groups is 1. The van der Waals surface area contributed by atoms with Crippen LogP contribution in [-0.2, 0) is 17.8 Å². The van der Waals surface area contributed by atoms with Gasteiger partial charge in [-0.15, -0.1) is 0 Å². The van der Waals surface area contributed by atoms with Crippen molar-refractivity contribution in [2.75, 3.05) is 19.9 Å². The summed E-state index contributed by atoms with van der Waals surface area (Å²) in [7, 11) is 0. The summed E-state index contributed by atoms with van der Waals surface area (Å²) in [6, 6.07) is 9.29. The van der Waals surface area contributed by atoms with Gasteiger partial charge in [0.2, 0.25) is 12.7 Å². The fourth-order valence-electron chi connectivity index (χ4n) is 3.07. The number of furan rings is 1. The van der Waals surface area contributed by atoms with Crippen molar-refractivity contribution in [2.24, 2.45) is 0 Å². The van der Waals surface area contributed by atoms with Crippen molar-refractivity contribution < 1.29 is 18.7 Å². The van der Waals surface area contributed by atoms with Crippen LogP contribution in [0.1, 0.15) is 17.7 Å². The van der Waals surface area contributed by atoms with Crippen molar-refractivity contribution in [1.29, 1.82) is 0 Å². The van der Waals surface area contributed by atoms with Gasteiger partial charge in [-0.1, -0.05) is 6.07 Å². The summed E-state index contributed by atoms with van der Waals surface area (Å²) in [6.45, 7) is 2.09. The van der Waals surface area contributed by atoms with Gasteiger partial charge in [0.25, 0.3) is 0 Å². The summed E-state index contributed by atoms with van der Waals surface area (Å²) in [5.41, 5.74) is 0.889. The number of hydrazine groups is 1. The highest BCUT2D eigenvalue weighted by atomic mass is 32.1. The molecule has 2 aliphatic rings. The molecule has 1 N–H and O–H groups in total. The van der Waals surface area contributed by atoms with Crippen LogP contribution in [-0.4, -0.2) is 40.9 Å². The van der Waals surface area contributed by atoms with E-state index in [2.05, 4.69) is 5.32 Å². The fraction of sp³-hybridized carbons (Fsp3) is 0.333. The first kappa shape index (κ1) is 16.7. The minimum atomic E-state index is 0.00325. The van der Waals surface area contributed by atoms with Crippen LogP contribution in [0.4, 0.5) is 0 Å². The van der Waals surface area contributed by atoms with Gasteiger partial charge >= 0.3 is 0 Å². The van der Waals surface area contributed by atoms with Crippen LogP contribution < -0.4 is 14.8 Å². The molecule has 0 spiro atoms. The normalized spacial score (nSPS) is 15.4. The molecule has 1 aromatic heterocycles. The Morgan fingerprint density at radius 1 is 1.15 bits per heavy atom. The second-order valence-corrected chi connectivity index (χ2v) is 6.48. The maximum absolute atomic E-state index is 12.8. The van der Waals surface area contributed by atoms with Crippen molar-refractivity contribution in [1.82, 2.24) is 15.3 Å². The Morgan fingerprint density at radius 2 is 2.00 bits per heavy atom. The van der Waals surface area contributed by atoms with Crippen LogP contribution in [0, 0.1) is 0 Å². The van der Waals surface area contributed by atoms with Crippen molar-refractivity contribution in [2.45, 2.75) is 19.4 Å². The SMILES string of the molecule is O=C(Cc1ccc2c(c1)OCO2)N1CCCN1C(=S)NCc1ccco1. The number of ether oxygens (including phenoxy) is 2. The quantitative estimate of drug-likeness (QED) is 0.823. The molecule has 1 amide bonds. The lowest BCUT2D eigenvalue weighted by atomic mass is 10.1. The Bertz CT molecular complexity index is 809. The average molecular weight is 373 g/mol. The fourth-order valence-corrected chi connectivity index (χ4v) is 3.33. The van der Waals surface area contributed by atoms with E-state index in [0.29, 0.717) is 29.7 Å². The Morgan fingerprint density at radius 3 is 2.85 bits per heavy atom.